The largest absolute Gasteiger partial charge is 0.484 e. The predicted molar refractivity (Wildman–Crippen MR) is 109 cm³/mol. The Morgan fingerprint density at radius 3 is 2.59 bits per heavy atom. The Kier molecular flexibility index (Phi) is 4.90. The standard InChI is InChI=1S/C21H26FN5O2/c1-12-9-28-10-13(2)27(12)19-8-17(25-11-26-19)20(24)14-6-18(15(22)7-16(14)23)29-21(3)4-5-21/h6-8,11-13,24H,4-5,9-10,23H2,1-3H3/t12-,13+. The summed E-state index contributed by atoms with van der Waals surface area (Å²) >= 11 is 0. The lowest BCUT2D eigenvalue weighted by atomic mass is 10.0. The number of nitrogens with one attached hydrogen (secondary N) is 1. The fraction of sp³-hybridized carbons (Fsp3) is 0.476. The molecule has 0 spiro atoms. The van der Waals surface area contributed by atoms with E-state index in [9.17, 15) is 4.39 Å². The lowest BCUT2D eigenvalue weighted by molar-refractivity contribution is 0.0752. The molecule has 29 heavy (non-hydrogen) atoms. The summed E-state index contributed by atoms with van der Waals surface area (Å²) in [5, 5.41) is 8.65. The van der Waals surface area contributed by atoms with E-state index in [4.69, 9.17) is 20.6 Å². The van der Waals surface area contributed by atoms with Crippen LogP contribution in [0.5, 0.6) is 5.75 Å². The number of aromatic nitrogens is 2. The Morgan fingerprint density at radius 1 is 1.24 bits per heavy atom. The second-order valence-electron chi connectivity index (χ2n) is 8.20. The number of ether oxygens (including phenoxy) is 2. The van der Waals surface area contributed by atoms with Crippen LogP contribution in [0, 0.1) is 11.2 Å². The Bertz CT molecular complexity index is 937. The molecule has 7 nitrogen and oxygen atoms in total. The van der Waals surface area contributed by atoms with Gasteiger partial charge in [0.2, 0.25) is 0 Å². The molecule has 2 aromatic rings. The van der Waals surface area contributed by atoms with Gasteiger partial charge in [-0.05, 0) is 39.7 Å². The molecule has 2 atom stereocenters. The van der Waals surface area contributed by atoms with Crippen LogP contribution in [0.3, 0.4) is 0 Å². The third-order valence-corrected chi connectivity index (χ3v) is 5.53. The van der Waals surface area contributed by atoms with Crippen LogP contribution in [0.25, 0.3) is 0 Å². The van der Waals surface area contributed by atoms with Crippen molar-refractivity contribution in [1.29, 1.82) is 5.41 Å². The van der Waals surface area contributed by atoms with E-state index in [0.29, 0.717) is 24.5 Å². The highest BCUT2D eigenvalue weighted by molar-refractivity contribution is 6.13. The monoisotopic (exact) mass is 399 g/mol. The SMILES string of the molecule is C[C@@H]1COC[C@H](C)N1c1cc(C(=N)c2cc(OC3(C)CC3)c(F)cc2N)ncn1. The van der Waals surface area contributed by atoms with Crippen LogP contribution in [-0.2, 0) is 4.74 Å². The normalized spacial score (nSPS) is 23.0. The van der Waals surface area contributed by atoms with Crippen molar-refractivity contribution in [2.45, 2.75) is 51.3 Å². The summed E-state index contributed by atoms with van der Waals surface area (Å²) in [6.07, 6.45) is 3.21. The third-order valence-electron chi connectivity index (χ3n) is 5.53. The zero-order valence-corrected chi connectivity index (χ0v) is 16.9. The first kappa shape index (κ1) is 19.6. The fourth-order valence-electron chi connectivity index (χ4n) is 3.63. The van der Waals surface area contributed by atoms with E-state index < -0.39 is 5.82 Å². The molecule has 154 valence electrons. The average Bonchev–Trinajstić information content (AvgIpc) is 3.40. The van der Waals surface area contributed by atoms with Crippen LogP contribution >= 0.6 is 0 Å². The minimum absolute atomic E-state index is 0.102. The maximum Gasteiger partial charge on any atom is 0.167 e. The molecule has 0 amide bonds. The van der Waals surface area contributed by atoms with Crippen LogP contribution in [0.2, 0.25) is 0 Å². The molecule has 1 aromatic heterocycles. The minimum Gasteiger partial charge on any atom is -0.484 e. The number of rotatable bonds is 5. The Labute approximate surface area is 169 Å². The number of anilines is 2. The quantitative estimate of drug-likeness (QED) is 0.592. The number of benzene rings is 1. The summed E-state index contributed by atoms with van der Waals surface area (Å²) in [5.74, 6) is 0.320. The molecule has 2 fully saturated rings. The Morgan fingerprint density at radius 2 is 1.93 bits per heavy atom. The molecule has 3 N–H and O–H groups in total. The topological polar surface area (TPSA) is 97.3 Å². The average molecular weight is 399 g/mol. The van der Waals surface area contributed by atoms with Gasteiger partial charge in [0.1, 0.15) is 17.7 Å². The van der Waals surface area contributed by atoms with Crippen molar-refractivity contribution in [2.75, 3.05) is 23.8 Å². The van der Waals surface area contributed by atoms with E-state index in [-0.39, 0.29) is 34.8 Å². The first-order chi connectivity index (χ1) is 13.8. The van der Waals surface area contributed by atoms with Gasteiger partial charge in [-0.1, -0.05) is 0 Å². The van der Waals surface area contributed by atoms with Crippen molar-refractivity contribution in [3.63, 3.8) is 0 Å². The maximum atomic E-state index is 14.3. The van der Waals surface area contributed by atoms with E-state index in [1.165, 1.54) is 18.5 Å². The molecule has 4 rings (SSSR count). The first-order valence-electron chi connectivity index (χ1n) is 9.83. The first-order valence-corrected chi connectivity index (χ1v) is 9.83. The zero-order chi connectivity index (χ0) is 20.8. The molecule has 1 aliphatic carbocycles. The molecule has 1 saturated heterocycles. The van der Waals surface area contributed by atoms with Crippen LogP contribution < -0.4 is 15.4 Å². The van der Waals surface area contributed by atoms with Crippen LogP contribution in [0.4, 0.5) is 15.9 Å². The highest BCUT2D eigenvalue weighted by Crippen LogP contribution is 2.41. The summed E-state index contributed by atoms with van der Waals surface area (Å²) in [5.41, 5.74) is 6.78. The highest BCUT2D eigenvalue weighted by Gasteiger charge is 2.40. The molecule has 2 heterocycles. The summed E-state index contributed by atoms with van der Waals surface area (Å²) in [4.78, 5) is 10.8. The van der Waals surface area contributed by atoms with Crippen molar-refractivity contribution in [2.24, 2.45) is 0 Å². The lowest BCUT2D eigenvalue weighted by Crippen LogP contribution is -2.50. The summed E-state index contributed by atoms with van der Waals surface area (Å²) in [6.45, 7) is 7.32. The molecule has 0 radical (unpaired) electrons. The van der Waals surface area contributed by atoms with E-state index in [1.807, 2.05) is 6.92 Å². The number of nitrogen functional groups attached to an aromatic ring is 1. The summed E-state index contributed by atoms with van der Waals surface area (Å²) in [6, 6.07) is 4.79. The number of halogens is 1. The molecule has 1 saturated carbocycles. The molecule has 0 bridgehead atoms. The van der Waals surface area contributed by atoms with Gasteiger partial charge in [0.25, 0.3) is 0 Å². The number of nitrogens with zero attached hydrogens (tertiary/aromatic N) is 3. The van der Waals surface area contributed by atoms with Crippen molar-refractivity contribution in [3.8, 4) is 5.75 Å². The zero-order valence-electron chi connectivity index (χ0n) is 16.9. The molecule has 1 aliphatic heterocycles. The maximum absolute atomic E-state index is 14.3. The van der Waals surface area contributed by atoms with E-state index >= 15 is 0 Å². The van der Waals surface area contributed by atoms with E-state index in [1.54, 1.807) is 6.07 Å². The molecular weight excluding hydrogens is 373 g/mol. The lowest BCUT2D eigenvalue weighted by Gasteiger charge is -2.39. The molecule has 2 aliphatic rings. The second kappa shape index (κ2) is 7.26. The summed E-state index contributed by atoms with van der Waals surface area (Å²) in [7, 11) is 0. The van der Waals surface area contributed by atoms with Gasteiger partial charge in [-0.3, -0.25) is 5.41 Å². The molecule has 0 unspecified atom stereocenters. The molecular formula is C21H26FN5O2. The third kappa shape index (κ3) is 3.89. The predicted octanol–water partition coefficient (Wildman–Crippen LogP) is 3.16. The van der Waals surface area contributed by atoms with Crippen molar-refractivity contribution in [3.05, 3.63) is 41.6 Å². The van der Waals surface area contributed by atoms with Gasteiger partial charge < -0.3 is 20.1 Å². The highest BCUT2D eigenvalue weighted by atomic mass is 19.1. The van der Waals surface area contributed by atoms with Crippen molar-refractivity contribution >= 4 is 17.2 Å². The van der Waals surface area contributed by atoms with Gasteiger partial charge in [-0.25, -0.2) is 14.4 Å². The number of morpholine rings is 1. The fourth-order valence-corrected chi connectivity index (χ4v) is 3.63. The second-order valence-corrected chi connectivity index (χ2v) is 8.20. The smallest absolute Gasteiger partial charge is 0.167 e. The Hall–Kier alpha value is -2.74. The van der Waals surface area contributed by atoms with Gasteiger partial charge in [-0.2, -0.15) is 0 Å². The van der Waals surface area contributed by atoms with Gasteiger partial charge in [-0.15, -0.1) is 0 Å². The minimum atomic E-state index is -0.522. The number of hydrogen-bond donors (Lipinski definition) is 2. The van der Waals surface area contributed by atoms with Crippen molar-refractivity contribution < 1.29 is 13.9 Å². The van der Waals surface area contributed by atoms with Crippen molar-refractivity contribution in [1.82, 2.24) is 9.97 Å². The van der Waals surface area contributed by atoms with Crippen LogP contribution in [0.15, 0.2) is 24.5 Å². The number of nitrogens with two attached hydrogens (primary N) is 1. The van der Waals surface area contributed by atoms with Gasteiger partial charge >= 0.3 is 0 Å². The van der Waals surface area contributed by atoms with E-state index in [0.717, 1.165) is 18.7 Å². The number of hydrogen-bond acceptors (Lipinski definition) is 7. The summed E-state index contributed by atoms with van der Waals surface area (Å²) < 4.78 is 25.7. The van der Waals surface area contributed by atoms with E-state index in [2.05, 4.69) is 28.7 Å². The molecule has 1 aromatic carbocycles. The molecule has 8 heteroatoms. The van der Waals surface area contributed by atoms with Gasteiger partial charge in [0.15, 0.2) is 11.6 Å². The van der Waals surface area contributed by atoms with Gasteiger partial charge in [0, 0.05) is 23.4 Å². The van der Waals surface area contributed by atoms with Crippen LogP contribution in [-0.4, -0.2) is 46.6 Å². The van der Waals surface area contributed by atoms with Gasteiger partial charge in [0.05, 0.1) is 36.7 Å². The van der Waals surface area contributed by atoms with Crippen LogP contribution in [0.1, 0.15) is 44.9 Å². The Balaban J connectivity index is 1.65.